The third kappa shape index (κ3) is 4.70. The quantitative estimate of drug-likeness (QED) is 0.296. The van der Waals surface area contributed by atoms with Crippen LogP contribution >= 0.6 is 22.9 Å². The lowest BCUT2D eigenvalue weighted by molar-refractivity contribution is 0.125. The van der Waals surface area contributed by atoms with Crippen molar-refractivity contribution in [2.75, 3.05) is 24.2 Å². The van der Waals surface area contributed by atoms with E-state index in [0.717, 1.165) is 76.8 Å². The molecule has 0 amide bonds. The van der Waals surface area contributed by atoms with Crippen LogP contribution in [0.25, 0.3) is 21.3 Å². The molecule has 226 valence electrons. The minimum atomic E-state index is -3.57. The van der Waals surface area contributed by atoms with Gasteiger partial charge in [-0.3, -0.25) is 9.17 Å². The van der Waals surface area contributed by atoms with Crippen molar-refractivity contribution in [2.24, 2.45) is 5.92 Å². The highest BCUT2D eigenvalue weighted by Crippen LogP contribution is 2.60. The number of fused-ring (bicyclic) bond motifs is 4. The summed E-state index contributed by atoms with van der Waals surface area (Å²) in [6.07, 6.45) is 7.66. The van der Waals surface area contributed by atoms with E-state index in [2.05, 4.69) is 16.0 Å². The fraction of sp³-hybridized carbons (Fsp3) is 0.567. The molecule has 7 rings (SSSR count). The van der Waals surface area contributed by atoms with Gasteiger partial charge in [0.05, 0.1) is 21.2 Å². The molecule has 2 aliphatic carbocycles. The molecular weight excluding hydrogens is 614 g/mol. The van der Waals surface area contributed by atoms with Gasteiger partial charge in [-0.25, -0.2) is 8.42 Å². The molecule has 4 heterocycles. The van der Waals surface area contributed by atoms with Gasteiger partial charge < -0.3 is 4.90 Å². The van der Waals surface area contributed by atoms with Crippen molar-refractivity contribution < 1.29 is 21.0 Å². The Labute approximate surface area is 257 Å². The number of sulfonamides is 1. The van der Waals surface area contributed by atoms with Crippen molar-refractivity contribution in [1.82, 2.24) is 9.29 Å². The van der Waals surface area contributed by atoms with E-state index in [1.807, 2.05) is 22.5 Å². The Hall–Kier alpha value is -1.76. The van der Waals surface area contributed by atoms with E-state index in [0.29, 0.717) is 23.4 Å². The summed E-state index contributed by atoms with van der Waals surface area (Å²) >= 11 is 8.26. The van der Waals surface area contributed by atoms with Crippen molar-refractivity contribution in [3.63, 3.8) is 0 Å². The summed E-state index contributed by atoms with van der Waals surface area (Å²) in [6.45, 7) is 6.78. The van der Waals surface area contributed by atoms with Gasteiger partial charge in [0.1, 0.15) is 6.61 Å². The first-order chi connectivity index (χ1) is 19.7. The summed E-state index contributed by atoms with van der Waals surface area (Å²) < 4.78 is 58.0. The van der Waals surface area contributed by atoms with Gasteiger partial charge in [0.25, 0.3) is 10.1 Å². The second-order valence-electron chi connectivity index (χ2n) is 13.5. The largest absolute Gasteiger partial charge is 0.366 e. The van der Waals surface area contributed by atoms with Crippen molar-refractivity contribution in [2.45, 2.75) is 81.7 Å². The first-order valence-electron chi connectivity index (χ1n) is 14.5. The van der Waals surface area contributed by atoms with Gasteiger partial charge in [0, 0.05) is 57.6 Å². The zero-order chi connectivity index (χ0) is 29.8. The molecule has 42 heavy (non-hydrogen) atoms. The van der Waals surface area contributed by atoms with Crippen molar-refractivity contribution >= 4 is 59.0 Å². The lowest BCUT2D eigenvalue weighted by Gasteiger charge is -2.46. The van der Waals surface area contributed by atoms with Crippen molar-refractivity contribution in [1.29, 1.82) is 0 Å². The first-order valence-corrected chi connectivity index (χ1v) is 19.0. The highest BCUT2D eigenvalue weighted by atomic mass is 35.5. The van der Waals surface area contributed by atoms with Crippen molar-refractivity contribution in [3.8, 4) is 11.1 Å². The molecule has 3 atom stereocenters. The maximum atomic E-state index is 13.8. The summed E-state index contributed by atoms with van der Waals surface area (Å²) in [7, 11) is -7.06. The van der Waals surface area contributed by atoms with E-state index in [1.54, 1.807) is 27.0 Å². The summed E-state index contributed by atoms with van der Waals surface area (Å²) in [4.78, 5) is 7.84. The van der Waals surface area contributed by atoms with E-state index in [4.69, 9.17) is 15.8 Å². The van der Waals surface area contributed by atoms with Crippen LogP contribution in [-0.4, -0.2) is 61.8 Å². The average Bonchev–Trinajstić information content (AvgIpc) is 3.35. The molecule has 3 aromatic rings. The highest BCUT2D eigenvalue weighted by Gasteiger charge is 2.59. The molecule has 12 heteroatoms. The van der Waals surface area contributed by atoms with Crippen LogP contribution in [0.4, 0.5) is 5.69 Å². The molecule has 1 saturated heterocycles. The summed E-state index contributed by atoms with van der Waals surface area (Å²) in [5.74, 6) is 1.01. The topological polar surface area (TPSA) is 96.9 Å². The zero-order valence-electron chi connectivity index (χ0n) is 24.3. The Morgan fingerprint density at radius 3 is 2.55 bits per heavy atom. The lowest BCUT2D eigenvalue weighted by Crippen LogP contribution is -2.56. The molecule has 1 aromatic carbocycles. The molecule has 4 aliphatic rings. The minimum Gasteiger partial charge on any atom is -0.366 e. The smallest absolute Gasteiger partial charge is 0.264 e. The summed E-state index contributed by atoms with van der Waals surface area (Å²) in [6, 6.07) is 8.08. The molecule has 2 aromatic heterocycles. The van der Waals surface area contributed by atoms with Gasteiger partial charge in [0.2, 0.25) is 10.0 Å². The second-order valence-corrected chi connectivity index (χ2v) is 19.3. The number of anilines is 1. The van der Waals surface area contributed by atoms with Gasteiger partial charge in [-0.05, 0) is 94.5 Å². The predicted molar refractivity (Wildman–Crippen MR) is 168 cm³/mol. The maximum Gasteiger partial charge on any atom is 0.264 e. The van der Waals surface area contributed by atoms with Gasteiger partial charge in [-0.2, -0.15) is 12.7 Å². The molecule has 2 aliphatic heterocycles. The highest BCUT2D eigenvalue weighted by molar-refractivity contribution is 7.90. The van der Waals surface area contributed by atoms with Crippen LogP contribution in [0.1, 0.15) is 69.2 Å². The van der Waals surface area contributed by atoms with Gasteiger partial charge in [0.15, 0.2) is 0 Å². The van der Waals surface area contributed by atoms with Crippen LogP contribution in [0.15, 0.2) is 30.5 Å². The third-order valence-corrected chi connectivity index (χ3v) is 14.2. The Bertz CT molecular complexity index is 1810. The van der Waals surface area contributed by atoms with E-state index < -0.39 is 24.9 Å². The number of rotatable bonds is 6. The number of benzene rings is 1. The maximum absolute atomic E-state index is 13.8. The number of hydrogen-bond acceptors (Lipinski definition) is 8. The molecule has 8 nitrogen and oxygen atoms in total. The van der Waals surface area contributed by atoms with E-state index in [1.165, 1.54) is 16.9 Å². The van der Waals surface area contributed by atoms with Crippen LogP contribution in [-0.2, 0) is 30.9 Å². The SMILES string of the molecule is CC(C)(C)S(=O)(=O)N1C[C@H](N2C[C@H]3C[C@H]3c3cc(Cl)cc(-c4ccnc5cc(COS(C)(=O)=O)sc45)c32)CC12CCC2. The standard InChI is InChI=1S/C30H36ClN3O5S3/c1-29(2,3)42(37,38)34-16-20(14-30(34)7-5-8-30)33-15-18-10-23(18)25-12-19(31)11-24(27(25)33)22-6-9-32-26-13-21(40-28(22)26)17-39-41(4,35)36/h6,9,11-13,18,20,23H,5,7-8,10,14-17H2,1-4H3/t18-,20-,23-/m1/s1. The summed E-state index contributed by atoms with van der Waals surface area (Å²) in [5, 5.41) is 0.678. The number of aromatic nitrogens is 1. The van der Waals surface area contributed by atoms with Gasteiger partial charge >= 0.3 is 0 Å². The fourth-order valence-corrected chi connectivity index (χ4v) is 10.8. The summed E-state index contributed by atoms with van der Waals surface area (Å²) in [5.41, 5.74) is 4.90. The Morgan fingerprint density at radius 1 is 1.12 bits per heavy atom. The molecule has 0 bridgehead atoms. The fourth-order valence-electron chi connectivity index (χ4n) is 7.29. The Balaban J connectivity index is 1.33. The zero-order valence-corrected chi connectivity index (χ0v) is 27.5. The monoisotopic (exact) mass is 649 g/mol. The van der Waals surface area contributed by atoms with E-state index in [9.17, 15) is 16.8 Å². The molecule has 2 saturated carbocycles. The van der Waals surface area contributed by atoms with E-state index in [-0.39, 0.29) is 18.2 Å². The number of hydrogen-bond donors (Lipinski definition) is 0. The molecule has 1 spiro atoms. The number of pyridine rings is 1. The van der Waals surface area contributed by atoms with Crippen LogP contribution < -0.4 is 4.90 Å². The van der Waals surface area contributed by atoms with Crippen LogP contribution in [0.2, 0.25) is 5.02 Å². The second kappa shape index (κ2) is 9.62. The number of nitrogens with zero attached hydrogens (tertiary/aromatic N) is 3. The number of halogens is 1. The number of thiophene rings is 1. The predicted octanol–water partition coefficient (Wildman–Crippen LogP) is 6.14. The normalized spacial score (nSPS) is 25.5. The molecule has 3 fully saturated rings. The van der Waals surface area contributed by atoms with Crippen LogP contribution in [0, 0.1) is 5.92 Å². The van der Waals surface area contributed by atoms with Crippen LogP contribution in [0.5, 0.6) is 0 Å². The molecule has 0 unspecified atom stereocenters. The first kappa shape index (κ1) is 29.0. The van der Waals surface area contributed by atoms with Crippen LogP contribution in [0.3, 0.4) is 0 Å². The molecule has 0 radical (unpaired) electrons. The van der Waals surface area contributed by atoms with Gasteiger partial charge in [-0.15, -0.1) is 11.3 Å². The minimum absolute atomic E-state index is 0.0366. The lowest BCUT2D eigenvalue weighted by atomic mass is 9.75. The Kier molecular flexibility index (Phi) is 6.64. The molecule has 0 N–H and O–H groups in total. The van der Waals surface area contributed by atoms with Gasteiger partial charge in [-0.1, -0.05) is 11.6 Å². The molecular formula is C30H36ClN3O5S3. The average molecular weight is 650 g/mol. The van der Waals surface area contributed by atoms with Crippen molar-refractivity contribution in [3.05, 3.63) is 45.9 Å². The third-order valence-electron chi connectivity index (χ3n) is 9.62. The van der Waals surface area contributed by atoms with E-state index >= 15 is 0 Å². The Morgan fingerprint density at radius 2 is 1.88 bits per heavy atom.